The molecule has 0 aromatic carbocycles. The van der Waals surface area contributed by atoms with E-state index >= 15 is 0 Å². The molecule has 1 rings (SSSR count). The monoisotopic (exact) mass is 284 g/mol. The second kappa shape index (κ2) is 6.78. The minimum Gasteiger partial charge on any atom is -0.465 e. The number of rotatable bonds is 6. The van der Waals surface area contributed by atoms with Gasteiger partial charge in [-0.05, 0) is 13.3 Å². The summed E-state index contributed by atoms with van der Waals surface area (Å²) in [5.41, 5.74) is 4.83. The first kappa shape index (κ1) is 15.8. The Hall–Kier alpha value is -2.25. The lowest BCUT2D eigenvalue weighted by atomic mass is 10.4. The highest BCUT2D eigenvalue weighted by atomic mass is 16.5. The first-order chi connectivity index (χ1) is 9.43. The van der Waals surface area contributed by atoms with Gasteiger partial charge in [-0.15, -0.1) is 0 Å². The molecule has 0 fully saturated rings. The summed E-state index contributed by atoms with van der Waals surface area (Å²) in [7, 11) is 1.37. The van der Waals surface area contributed by atoms with E-state index in [4.69, 9.17) is 10.5 Å². The normalized spacial score (nSPS) is 10.3. The van der Waals surface area contributed by atoms with Crippen LogP contribution in [0.15, 0.2) is 9.59 Å². The number of hydrogen-bond donors (Lipinski definition) is 2. The van der Waals surface area contributed by atoms with E-state index < -0.39 is 17.2 Å². The Kier molecular flexibility index (Phi) is 5.36. The summed E-state index contributed by atoms with van der Waals surface area (Å²) in [6.45, 7) is 4.04. The Morgan fingerprint density at radius 1 is 1.35 bits per heavy atom. The molecular formula is C12H20N4O4. The minimum atomic E-state index is -0.566. The van der Waals surface area contributed by atoms with Crippen LogP contribution in [0.5, 0.6) is 0 Å². The van der Waals surface area contributed by atoms with E-state index in [9.17, 15) is 14.4 Å². The second-order valence-corrected chi connectivity index (χ2v) is 4.22. The van der Waals surface area contributed by atoms with Crippen LogP contribution in [0.1, 0.15) is 20.3 Å². The molecule has 0 aliphatic rings. The molecule has 8 nitrogen and oxygen atoms in total. The van der Waals surface area contributed by atoms with E-state index in [2.05, 4.69) is 5.32 Å². The number of nitrogens with one attached hydrogen (secondary N) is 1. The molecule has 3 N–H and O–H groups in total. The van der Waals surface area contributed by atoms with Crippen molar-refractivity contribution in [2.75, 3.05) is 24.2 Å². The fourth-order valence-electron chi connectivity index (χ4n) is 1.76. The molecule has 0 radical (unpaired) electrons. The largest absolute Gasteiger partial charge is 0.465 e. The predicted molar refractivity (Wildman–Crippen MR) is 75.8 cm³/mol. The van der Waals surface area contributed by atoms with Crippen LogP contribution in [-0.2, 0) is 23.1 Å². The zero-order valence-electron chi connectivity index (χ0n) is 11.9. The standard InChI is InChI=1S/C12H20N4O4/c1-4-6-16-10(13)9(11(18)15(3)12(16)19)14-7-8(17)20-5-2/h14H,4-7,13H2,1-3H3. The number of hydrogen-bond acceptors (Lipinski definition) is 6. The van der Waals surface area contributed by atoms with Gasteiger partial charge >= 0.3 is 11.7 Å². The van der Waals surface area contributed by atoms with Crippen molar-refractivity contribution in [3.8, 4) is 0 Å². The topological polar surface area (TPSA) is 108 Å². The highest BCUT2D eigenvalue weighted by molar-refractivity contribution is 5.76. The summed E-state index contributed by atoms with van der Waals surface area (Å²) in [6.07, 6.45) is 0.694. The van der Waals surface area contributed by atoms with Crippen molar-refractivity contribution >= 4 is 17.5 Å². The fraction of sp³-hybridized carbons (Fsp3) is 0.583. The molecule has 0 amide bonds. The van der Waals surface area contributed by atoms with Gasteiger partial charge in [0.05, 0.1) is 6.61 Å². The van der Waals surface area contributed by atoms with Gasteiger partial charge < -0.3 is 15.8 Å². The van der Waals surface area contributed by atoms with E-state index in [1.54, 1.807) is 6.92 Å². The third-order valence-electron chi connectivity index (χ3n) is 2.75. The molecule has 0 atom stereocenters. The van der Waals surface area contributed by atoms with Crippen molar-refractivity contribution in [2.45, 2.75) is 26.8 Å². The molecule has 0 saturated carbocycles. The molecule has 1 aromatic heterocycles. The molecule has 1 heterocycles. The van der Waals surface area contributed by atoms with Gasteiger partial charge in [0.1, 0.15) is 18.1 Å². The highest BCUT2D eigenvalue weighted by Gasteiger charge is 2.15. The number of aromatic nitrogens is 2. The molecule has 1 aromatic rings. The molecule has 0 bridgehead atoms. The van der Waals surface area contributed by atoms with Crippen molar-refractivity contribution in [3.63, 3.8) is 0 Å². The average molecular weight is 284 g/mol. The molecule has 112 valence electrons. The van der Waals surface area contributed by atoms with Crippen LogP contribution in [0.4, 0.5) is 11.5 Å². The molecule has 0 unspecified atom stereocenters. The highest BCUT2D eigenvalue weighted by Crippen LogP contribution is 2.10. The Balaban J connectivity index is 3.16. The summed E-state index contributed by atoms with van der Waals surface area (Å²) in [4.78, 5) is 35.2. The van der Waals surface area contributed by atoms with Gasteiger partial charge in [0, 0.05) is 13.6 Å². The number of carbonyl (C=O) groups excluding carboxylic acids is 1. The lowest BCUT2D eigenvalue weighted by Crippen LogP contribution is -2.41. The maximum atomic E-state index is 12.0. The Morgan fingerprint density at radius 3 is 2.55 bits per heavy atom. The SMILES string of the molecule is CCCn1c(N)c(NCC(=O)OCC)c(=O)n(C)c1=O. The first-order valence-electron chi connectivity index (χ1n) is 6.42. The number of esters is 1. The Morgan fingerprint density at radius 2 is 2.00 bits per heavy atom. The summed E-state index contributed by atoms with van der Waals surface area (Å²) in [5.74, 6) is -0.466. The van der Waals surface area contributed by atoms with Crippen LogP contribution in [0.2, 0.25) is 0 Å². The number of nitrogen functional groups attached to an aromatic ring is 1. The Labute approximate surface area is 116 Å². The molecule has 0 spiro atoms. The number of carbonyl (C=O) groups is 1. The zero-order valence-corrected chi connectivity index (χ0v) is 11.9. The number of anilines is 2. The van der Waals surface area contributed by atoms with Gasteiger partial charge in [-0.2, -0.15) is 0 Å². The lowest BCUT2D eigenvalue weighted by Gasteiger charge is -2.15. The van der Waals surface area contributed by atoms with Crippen LogP contribution in [0, 0.1) is 0 Å². The number of nitrogens with two attached hydrogens (primary N) is 1. The van der Waals surface area contributed by atoms with E-state index in [0.717, 1.165) is 4.57 Å². The first-order valence-corrected chi connectivity index (χ1v) is 6.42. The molecule has 8 heteroatoms. The van der Waals surface area contributed by atoms with E-state index in [1.165, 1.54) is 11.6 Å². The maximum Gasteiger partial charge on any atom is 0.332 e. The van der Waals surface area contributed by atoms with Crippen LogP contribution in [0.3, 0.4) is 0 Å². The minimum absolute atomic E-state index is 0.0317. The van der Waals surface area contributed by atoms with Crippen LogP contribution in [0.25, 0.3) is 0 Å². The molecular weight excluding hydrogens is 264 g/mol. The van der Waals surface area contributed by atoms with E-state index in [-0.39, 0.29) is 24.7 Å². The number of nitrogens with zero attached hydrogens (tertiary/aromatic N) is 2. The molecule has 0 saturated heterocycles. The van der Waals surface area contributed by atoms with E-state index in [0.29, 0.717) is 13.0 Å². The molecule has 20 heavy (non-hydrogen) atoms. The lowest BCUT2D eigenvalue weighted by molar-refractivity contribution is -0.140. The third-order valence-corrected chi connectivity index (χ3v) is 2.75. The summed E-state index contributed by atoms with van der Waals surface area (Å²) in [6, 6.07) is 0. The average Bonchev–Trinajstić information content (AvgIpc) is 2.41. The van der Waals surface area contributed by atoms with Crippen molar-refractivity contribution < 1.29 is 9.53 Å². The maximum absolute atomic E-state index is 12.0. The third kappa shape index (κ3) is 3.19. The smallest absolute Gasteiger partial charge is 0.332 e. The summed E-state index contributed by atoms with van der Waals surface area (Å²) >= 11 is 0. The van der Waals surface area contributed by atoms with Crippen molar-refractivity contribution in [1.82, 2.24) is 9.13 Å². The van der Waals surface area contributed by atoms with Gasteiger partial charge in [0.2, 0.25) is 0 Å². The van der Waals surface area contributed by atoms with Crippen LogP contribution in [-0.4, -0.2) is 28.3 Å². The number of ether oxygens (including phenoxy) is 1. The zero-order chi connectivity index (χ0) is 15.3. The van der Waals surface area contributed by atoms with Crippen LogP contribution < -0.4 is 22.3 Å². The van der Waals surface area contributed by atoms with Gasteiger partial charge in [-0.25, -0.2) is 4.79 Å². The van der Waals surface area contributed by atoms with Gasteiger partial charge in [-0.1, -0.05) is 6.92 Å². The molecule has 0 aliphatic carbocycles. The van der Waals surface area contributed by atoms with Gasteiger partial charge in [0.25, 0.3) is 5.56 Å². The molecule has 0 aliphatic heterocycles. The second-order valence-electron chi connectivity index (χ2n) is 4.22. The summed E-state index contributed by atoms with van der Waals surface area (Å²) < 4.78 is 7.01. The van der Waals surface area contributed by atoms with Crippen molar-refractivity contribution in [1.29, 1.82) is 0 Å². The van der Waals surface area contributed by atoms with Crippen molar-refractivity contribution in [3.05, 3.63) is 20.8 Å². The fourth-order valence-corrected chi connectivity index (χ4v) is 1.76. The van der Waals surface area contributed by atoms with Crippen LogP contribution >= 0.6 is 0 Å². The summed E-state index contributed by atoms with van der Waals surface area (Å²) in [5, 5.41) is 2.64. The van der Waals surface area contributed by atoms with Gasteiger partial charge in [-0.3, -0.25) is 18.7 Å². The van der Waals surface area contributed by atoms with Gasteiger partial charge in [0.15, 0.2) is 0 Å². The quantitative estimate of drug-likeness (QED) is 0.683. The van der Waals surface area contributed by atoms with E-state index in [1.807, 2.05) is 6.92 Å². The Bertz CT molecular complexity index is 603. The predicted octanol–water partition coefficient (Wildman–Crippen LogP) is -0.486. The van der Waals surface area contributed by atoms with Crippen molar-refractivity contribution in [2.24, 2.45) is 7.05 Å².